The number of carbonyl (C=O) groups is 1. The molecule has 0 saturated carbocycles. The van der Waals surface area contributed by atoms with E-state index in [0.717, 1.165) is 22.6 Å². The molecule has 0 aliphatic carbocycles. The molecule has 1 N–H and O–H groups in total. The molecule has 5 heteroatoms. The molecular formula is C20H20ClN3O. The number of benzene rings is 2. The maximum atomic E-state index is 12.9. The fourth-order valence-electron chi connectivity index (χ4n) is 2.88. The van der Waals surface area contributed by atoms with Crippen molar-refractivity contribution in [1.82, 2.24) is 9.78 Å². The third kappa shape index (κ3) is 3.30. The van der Waals surface area contributed by atoms with Crippen molar-refractivity contribution in [3.05, 3.63) is 75.6 Å². The van der Waals surface area contributed by atoms with Gasteiger partial charge >= 0.3 is 0 Å². The Morgan fingerprint density at radius 3 is 2.44 bits per heavy atom. The van der Waals surface area contributed by atoms with Gasteiger partial charge in [0.2, 0.25) is 0 Å². The van der Waals surface area contributed by atoms with Gasteiger partial charge in [-0.1, -0.05) is 29.8 Å². The summed E-state index contributed by atoms with van der Waals surface area (Å²) >= 11 is 6.40. The normalized spacial score (nSPS) is 10.8. The van der Waals surface area contributed by atoms with E-state index in [1.54, 1.807) is 16.8 Å². The van der Waals surface area contributed by atoms with Gasteiger partial charge in [0.25, 0.3) is 0 Å². The molecule has 3 aromatic rings. The van der Waals surface area contributed by atoms with Gasteiger partial charge in [0, 0.05) is 29.7 Å². The number of carbonyl (C=O) groups excluding carboxylic acids is 1. The van der Waals surface area contributed by atoms with E-state index in [2.05, 4.69) is 10.4 Å². The minimum atomic E-state index is -0.101. The van der Waals surface area contributed by atoms with Crippen molar-refractivity contribution >= 4 is 28.8 Å². The number of para-hydroxylation sites is 1. The van der Waals surface area contributed by atoms with Gasteiger partial charge in [0.05, 0.1) is 16.3 Å². The highest BCUT2D eigenvalue weighted by Crippen LogP contribution is 2.28. The highest BCUT2D eigenvalue weighted by molar-refractivity contribution is 6.35. The molecule has 1 heterocycles. The van der Waals surface area contributed by atoms with Crippen LogP contribution in [0, 0.1) is 20.8 Å². The second-order valence-corrected chi connectivity index (χ2v) is 6.54. The number of hydrogen-bond donors (Lipinski definition) is 1. The molecule has 0 fully saturated rings. The van der Waals surface area contributed by atoms with Crippen molar-refractivity contribution in [2.45, 2.75) is 20.8 Å². The number of hydrogen-bond acceptors (Lipinski definition) is 3. The summed E-state index contributed by atoms with van der Waals surface area (Å²) in [6.45, 7) is 5.76. The van der Waals surface area contributed by atoms with Crippen LogP contribution in [0.3, 0.4) is 0 Å². The Kier molecular flexibility index (Phi) is 4.64. The molecule has 0 radical (unpaired) electrons. The molecule has 1 aromatic heterocycles. The van der Waals surface area contributed by atoms with E-state index in [1.807, 2.05) is 58.2 Å². The minimum Gasteiger partial charge on any atom is -0.355 e. The van der Waals surface area contributed by atoms with Gasteiger partial charge in [0.15, 0.2) is 5.78 Å². The lowest BCUT2D eigenvalue weighted by molar-refractivity contribution is 0.103. The smallest absolute Gasteiger partial charge is 0.198 e. The third-order valence-corrected chi connectivity index (χ3v) is 4.69. The zero-order chi connectivity index (χ0) is 18.1. The summed E-state index contributed by atoms with van der Waals surface area (Å²) < 4.78 is 1.71. The molecule has 0 aliphatic heterocycles. The van der Waals surface area contributed by atoms with Gasteiger partial charge in [0.1, 0.15) is 0 Å². The molecule has 25 heavy (non-hydrogen) atoms. The first-order valence-corrected chi connectivity index (χ1v) is 8.43. The number of anilines is 2. The topological polar surface area (TPSA) is 46.9 Å². The summed E-state index contributed by atoms with van der Waals surface area (Å²) in [6, 6.07) is 13.4. The van der Waals surface area contributed by atoms with E-state index in [1.165, 1.54) is 0 Å². The molecule has 0 aliphatic rings. The molecule has 4 nitrogen and oxygen atoms in total. The number of nitrogens with one attached hydrogen (secondary N) is 1. The van der Waals surface area contributed by atoms with Gasteiger partial charge in [-0.05, 0) is 50.6 Å². The van der Waals surface area contributed by atoms with Crippen LogP contribution in [0.15, 0.2) is 42.5 Å². The predicted molar refractivity (Wildman–Crippen MR) is 102 cm³/mol. The van der Waals surface area contributed by atoms with Crippen molar-refractivity contribution in [1.29, 1.82) is 0 Å². The molecule has 3 rings (SSSR count). The Hall–Kier alpha value is -2.59. The van der Waals surface area contributed by atoms with Crippen molar-refractivity contribution < 1.29 is 4.79 Å². The molecule has 0 atom stereocenters. The molecule has 128 valence electrons. The lowest BCUT2D eigenvalue weighted by atomic mass is 10.0. The van der Waals surface area contributed by atoms with Crippen LogP contribution in [-0.4, -0.2) is 15.6 Å². The third-order valence-electron chi connectivity index (χ3n) is 4.37. The predicted octanol–water partition coefficient (Wildman–Crippen LogP) is 4.97. The first kappa shape index (κ1) is 17.2. The molecular weight excluding hydrogens is 334 g/mol. The first-order valence-electron chi connectivity index (χ1n) is 8.05. The molecule has 0 bridgehead atoms. The molecule has 0 unspecified atom stereocenters. The van der Waals surface area contributed by atoms with Crippen LogP contribution in [0.25, 0.3) is 0 Å². The fourth-order valence-corrected chi connectivity index (χ4v) is 3.15. The molecule has 2 aromatic carbocycles. The second kappa shape index (κ2) is 6.73. The Balaban J connectivity index is 1.92. The lowest BCUT2D eigenvalue weighted by Gasteiger charge is -2.11. The minimum absolute atomic E-state index is 0.101. The van der Waals surface area contributed by atoms with E-state index in [-0.39, 0.29) is 5.78 Å². The van der Waals surface area contributed by atoms with Crippen molar-refractivity contribution in [3.63, 3.8) is 0 Å². The van der Waals surface area contributed by atoms with Crippen LogP contribution in [0.5, 0.6) is 0 Å². The highest BCUT2D eigenvalue weighted by Gasteiger charge is 2.21. The second-order valence-electron chi connectivity index (χ2n) is 6.13. The number of halogens is 1. The number of rotatable bonds is 4. The van der Waals surface area contributed by atoms with Crippen LogP contribution in [0.4, 0.5) is 11.4 Å². The lowest BCUT2D eigenvalue weighted by Crippen LogP contribution is -2.06. The number of nitrogens with zero attached hydrogens (tertiary/aromatic N) is 2. The zero-order valence-corrected chi connectivity index (χ0v) is 15.5. The summed E-state index contributed by atoms with van der Waals surface area (Å²) in [5.74, 6) is -0.101. The van der Waals surface area contributed by atoms with Gasteiger partial charge in [-0.2, -0.15) is 5.10 Å². The van der Waals surface area contributed by atoms with E-state index in [0.29, 0.717) is 21.8 Å². The number of aryl methyl sites for hydroxylation is 3. The largest absolute Gasteiger partial charge is 0.355 e. The van der Waals surface area contributed by atoms with E-state index in [4.69, 9.17) is 11.6 Å². The van der Waals surface area contributed by atoms with Crippen molar-refractivity contribution in [3.8, 4) is 0 Å². The average molecular weight is 354 g/mol. The van der Waals surface area contributed by atoms with Crippen molar-refractivity contribution in [2.75, 3.05) is 5.32 Å². The number of ketones is 1. The summed E-state index contributed by atoms with van der Waals surface area (Å²) in [5, 5.41) is 8.07. The zero-order valence-electron chi connectivity index (χ0n) is 14.7. The maximum absolute atomic E-state index is 12.9. The monoisotopic (exact) mass is 353 g/mol. The van der Waals surface area contributed by atoms with Crippen LogP contribution >= 0.6 is 11.6 Å². The summed E-state index contributed by atoms with van der Waals surface area (Å²) in [4.78, 5) is 12.9. The Morgan fingerprint density at radius 2 is 1.84 bits per heavy atom. The van der Waals surface area contributed by atoms with E-state index in [9.17, 15) is 4.79 Å². The van der Waals surface area contributed by atoms with Crippen molar-refractivity contribution in [2.24, 2.45) is 7.05 Å². The van der Waals surface area contributed by atoms with Crippen LogP contribution in [0.2, 0.25) is 5.02 Å². The Morgan fingerprint density at radius 1 is 1.12 bits per heavy atom. The Bertz CT molecular complexity index is 960. The van der Waals surface area contributed by atoms with Crippen LogP contribution in [-0.2, 0) is 7.05 Å². The van der Waals surface area contributed by atoms with Gasteiger partial charge < -0.3 is 5.32 Å². The molecule has 0 saturated heterocycles. The first-order chi connectivity index (χ1) is 11.9. The van der Waals surface area contributed by atoms with Crippen LogP contribution < -0.4 is 5.32 Å². The SMILES string of the molecule is Cc1ccccc1Nc1ccc(C(=O)c2c(C)nn(C)c2C)c(Cl)c1. The summed E-state index contributed by atoms with van der Waals surface area (Å²) in [6.07, 6.45) is 0. The summed E-state index contributed by atoms with van der Waals surface area (Å²) in [7, 11) is 1.83. The fraction of sp³-hybridized carbons (Fsp3) is 0.200. The van der Waals surface area contributed by atoms with E-state index < -0.39 is 0 Å². The standard InChI is InChI=1S/C20H20ClN3O/c1-12-7-5-6-8-18(12)22-15-9-10-16(17(21)11-15)20(25)19-13(2)23-24(4)14(19)3/h5-11,22H,1-4H3. The summed E-state index contributed by atoms with van der Waals surface area (Å²) in [5.41, 5.74) is 5.64. The van der Waals surface area contributed by atoms with E-state index >= 15 is 0 Å². The van der Waals surface area contributed by atoms with Gasteiger partial charge in [-0.25, -0.2) is 0 Å². The average Bonchev–Trinajstić information content (AvgIpc) is 2.82. The van der Waals surface area contributed by atoms with Crippen LogP contribution in [0.1, 0.15) is 32.9 Å². The van der Waals surface area contributed by atoms with Gasteiger partial charge in [-0.15, -0.1) is 0 Å². The highest BCUT2D eigenvalue weighted by atomic mass is 35.5. The quantitative estimate of drug-likeness (QED) is 0.673. The molecule has 0 amide bonds. The maximum Gasteiger partial charge on any atom is 0.198 e. The number of aromatic nitrogens is 2. The Labute approximate surface area is 152 Å². The molecule has 0 spiro atoms. The van der Waals surface area contributed by atoms with Gasteiger partial charge in [-0.3, -0.25) is 9.48 Å².